The zero-order valence-electron chi connectivity index (χ0n) is 19.9. The molecule has 180 valence electrons. The number of pyridine rings is 1. The number of nitrogens with one attached hydrogen (secondary N) is 1. The molecule has 0 aliphatic heterocycles. The van der Waals surface area contributed by atoms with Crippen molar-refractivity contribution in [3.05, 3.63) is 83.7 Å². The van der Waals surface area contributed by atoms with Gasteiger partial charge in [-0.25, -0.2) is 4.98 Å². The summed E-state index contributed by atoms with van der Waals surface area (Å²) in [5.74, 6) is 1.66. The molecular formula is C28H30N4O2S. The molecule has 0 radical (unpaired) electrons. The number of carbonyl (C=O) groups excluding carboxylic acids is 1. The number of hydrogen-bond acceptors (Lipinski definition) is 5. The maximum absolute atomic E-state index is 12.7. The highest BCUT2D eigenvalue weighted by Crippen LogP contribution is 2.28. The third-order valence-electron chi connectivity index (χ3n) is 6.51. The molecule has 35 heavy (non-hydrogen) atoms. The van der Waals surface area contributed by atoms with Crippen LogP contribution in [0.2, 0.25) is 0 Å². The summed E-state index contributed by atoms with van der Waals surface area (Å²) < 4.78 is 7.56. The normalized spacial score (nSPS) is 14.2. The van der Waals surface area contributed by atoms with Crippen molar-refractivity contribution in [1.29, 1.82) is 0 Å². The van der Waals surface area contributed by atoms with Gasteiger partial charge in [-0.2, -0.15) is 0 Å². The lowest BCUT2D eigenvalue weighted by Gasteiger charge is -2.22. The minimum Gasteiger partial charge on any atom is -0.497 e. The van der Waals surface area contributed by atoms with E-state index in [1.165, 1.54) is 24.8 Å². The van der Waals surface area contributed by atoms with Gasteiger partial charge in [-0.15, -0.1) is 0 Å². The molecule has 1 N–H and O–H groups in total. The Bertz CT molecular complexity index is 1300. The molecule has 1 amide bonds. The van der Waals surface area contributed by atoms with Gasteiger partial charge >= 0.3 is 0 Å². The second-order valence-electron chi connectivity index (χ2n) is 8.99. The second kappa shape index (κ2) is 11.0. The third-order valence-corrected chi connectivity index (χ3v) is 7.56. The van der Waals surface area contributed by atoms with E-state index in [4.69, 9.17) is 9.72 Å². The summed E-state index contributed by atoms with van der Waals surface area (Å²) in [4.78, 5) is 21.9. The van der Waals surface area contributed by atoms with Gasteiger partial charge in [0.15, 0.2) is 5.16 Å². The quantitative estimate of drug-likeness (QED) is 0.317. The van der Waals surface area contributed by atoms with Crippen molar-refractivity contribution >= 4 is 28.7 Å². The van der Waals surface area contributed by atoms with Gasteiger partial charge in [0.2, 0.25) is 0 Å². The van der Waals surface area contributed by atoms with Crippen molar-refractivity contribution in [2.45, 2.75) is 55.6 Å². The molecule has 5 rings (SSSR count). The summed E-state index contributed by atoms with van der Waals surface area (Å²) in [6.07, 6.45) is 9.49. The van der Waals surface area contributed by atoms with Crippen molar-refractivity contribution in [3.8, 4) is 5.75 Å². The predicted octanol–water partition coefficient (Wildman–Crippen LogP) is 5.84. The fraction of sp³-hybridized carbons (Fsp3) is 0.321. The van der Waals surface area contributed by atoms with E-state index in [1.807, 2.05) is 48.7 Å². The summed E-state index contributed by atoms with van der Waals surface area (Å²) in [5.41, 5.74) is 4.94. The van der Waals surface area contributed by atoms with Gasteiger partial charge in [0, 0.05) is 23.6 Å². The summed E-state index contributed by atoms with van der Waals surface area (Å²) in [5, 5.41) is 4.14. The SMILES string of the molecule is COc1cccc(CSc2nc3ccncc3n2Cc2ccc(C(=O)NC3CCCCC3)cc2)c1. The van der Waals surface area contributed by atoms with E-state index >= 15 is 0 Å². The largest absolute Gasteiger partial charge is 0.497 e. The first-order chi connectivity index (χ1) is 17.2. The van der Waals surface area contributed by atoms with Crippen molar-refractivity contribution in [3.63, 3.8) is 0 Å². The van der Waals surface area contributed by atoms with Crippen LogP contribution in [0, 0.1) is 0 Å². The molecule has 0 bridgehead atoms. The van der Waals surface area contributed by atoms with Gasteiger partial charge in [0.1, 0.15) is 5.75 Å². The minimum absolute atomic E-state index is 0.0234. The van der Waals surface area contributed by atoms with E-state index in [1.54, 1.807) is 25.1 Å². The van der Waals surface area contributed by atoms with Crippen LogP contribution in [0.15, 0.2) is 72.1 Å². The Morgan fingerprint density at radius 3 is 2.71 bits per heavy atom. The van der Waals surface area contributed by atoms with E-state index in [0.717, 1.165) is 46.1 Å². The molecule has 1 aliphatic rings. The highest BCUT2D eigenvalue weighted by molar-refractivity contribution is 7.98. The first kappa shape index (κ1) is 23.4. The molecular weight excluding hydrogens is 456 g/mol. The van der Waals surface area contributed by atoms with Gasteiger partial charge < -0.3 is 14.6 Å². The molecule has 1 aliphatic carbocycles. The van der Waals surface area contributed by atoms with Crippen LogP contribution in [0.4, 0.5) is 0 Å². The van der Waals surface area contributed by atoms with Crippen LogP contribution < -0.4 is 10.1 Å². The Balaban J connectivity index is 1.32. The minimum atomic E-state index is 0.0234. The predicted molar refractivity (Wildman–Crippen MR) is 140 cm³/mol. The highest BCUT2D eigenvalue weighted by Gasteiger charge is 2.17. The number of benzene rings is 2. The number of thioether (sulfide) groups is 1. The molecule has 6 nitrogen and oxygen atoms in total. The zero-order valence-corrected chi connectivity index (χ0v) is 20.8. The fourth-order valence-electron chi connectivity index (χ4n) is 4.58. The monoisotopic (exact) mass is 486 g/mol. The molecule has 1 fully saturated rings. The average Bonchev–Trinajstić information content (AvgIpc) is 3.25. The molecule has 2 aromatic heterocycles. The lowest BCUT2D eigenvalue weighted by Crippen LogP contribution is -2.36. The van der Waals surface area contributed by atoms with E-state index < -0.39 is 0 Å². The molecule has 1 saturated carbocycles. The van der Waals surface area contributed by atoms with Crippen molar-refractivity contribution in [2.24, 2.45) is 0 Å². The number of fused-ring (bicyclic) bond motifs is 1. The second-order valence-corrected chi connectivity index (χ2v) is 9.93. The lowest BCUT2D eigenvalue weighted by atomic mass is 9.95. The number of aromatic nitrogens is 3. The Labute approximate surface area is 210 Å². The van der Waals surface area contributed by atoms with Gasteiger partial charge in [-0.05, 0) is 54.3 Å². The number of carbonyl (C=O) groups is 1. The van der Waals surface area contributed by atoms with E-state index in [2.05, 4.69) is 27.0 Å². The fourth-order valence-corrected chi connectivity index (χ4v) is 5.54. The van der Waals surface area contributed by atoms with Crippen LogP contribution >= 0.6 is 11.8 Å². The molecule has 0 atom stereocenters. The zero-order chi connectivity index (χ0) is 24.0. The summed E-state index contributed by atoms with van der Waals surface area (Å²) in [6.45, 7) is 0.660. The van der Waals surface area contributed by atoms with Crippen LogP contribution in [-0.2, 0) is 12.3 Å². The van der Waals surface area contributed by atoms with E-state index in [9.17, 15) is 4.79 Å². The Kier molecular flexibility index (Phi) is 7.33. The maximum Gasteiger partial charge on any atom is 0.251 e. The molecule has 4 aromatic rings. The van der Waals surface area contributed by atoms with Crippen LogP contribution in [0.25, 0.3) is 11.0 Å². The maximum atomic E-state index is 12.7. The van der Waals surface area contributed by atoms with Crippen molar-refractivity contribution < 1.29 is 9.53 Å². The topological polar surface area (TPSA) is 69.0 Å². The van der Waals surface area contributed by atoms with Crippen molar-refractivity contribution in [2.75, 3.05) is 7.11 Å². The van der Waals surface area contributed by atoms with Crippen LogP contribution in [0.5, 0.6) is 5.75 Å². The Morgan fingerprint density at radius 1 is 1.09 bits per heavy atom. The highest BCUT2D eigenvalue weighted by atomic mass is 32.2. The van der Waals surface area contributed by atoms with Gasteiger partial charge in [-0.1, -0.05) is 55.3 Å². The van der Waals surface area contributed by atoms with Gasteiger partial charge in [-0.3, -0.25) is 9.78 Å². The Morgan fingerprint density at radius 2 is 1.91 bits per heavy atom. The van der Waals surface area contributed by atoms with Crippen LogP contribution in [0.3, 0.4) is 0 Å². The van der Waals surface area contributed by atoms with Crippen LogP contribution in [-0.4, -0.2) is 33.6 Å². The lowest BCUT2D eigenvalue weighted by molar-refractivity contribution is 0.0927. The first-order valence-electron chi connectivity index (χ1n) is 12.2. The number of imidazole rings is 1. The first-order valence-corrected chi connectivity index (χ1v) is 13.1. The summed E-state index contributed by atoms with van der Waals surface area (Å²) >= 11 is 1.70. The standard InChI is InChI=1S/C28H30N4O2S/c1-34-24-9-5-6-21(16-24)19-35-28-31-25-14-15-29-17-26(25)32(28)18-20-10-12-22(13-11-20)27(33)30-23-7-3-2-4-8-23/h5-6,9-17,23H,2-4,7-8,18-19H2,1H3,(H,30,33). The molecule has 0 unspecified atom stereocenters. The number of amides is 1. The van der Waals surface area contributed by atoms with Gasteiger partial charge in [0.05, 0.1) is 30.9 Å². The van der Waals surface area contributed by atoms with E-state index in [-0.39, 0.29) is 5.91 Å². The molecule has 2 heterocycles. The number of ether oxygens (including phenoxy) is 1. The van der Waals surface area contributed by atoms with Gasteiger partial charge in [0.25, 0.3) is 5.91 Å². The van der Waals surface area contributed by atoms with Crippen LogP contribution in [0.1, 0.15) is 53.6 Å². The smallest absolute Gasteiger partial charge is 0.251 e. The molecule has 0 saturated heterocycles. The number of methoxy groups -OCH3 is 1. The number of rotatable bonds is 8. The van der Waals surface area contributed by atoms with Crippen molar-refractivity contribution in [1.82, 2.24) is 19.9 Å². The molecule has 0 spiro atoms. The van der Waals surface area contributed by atoms with E-state index in [0.29, 0.717) is 18.2 Å². The average molecular weight is 487 g/mol. The Hall–Kier alpha value is -3.32. The third kappa shape index (κ3) is 5.68. The number of hydrogen-bond donors (Lipinski definition) is 1. The summed E-state index contributed by atoms with van der Waals surface area (Å²) in [7, 11) is 1.68. The summed E-state index contributed by atoms with van der Waals surface area (Å²) in [6, 6.07) is 18.3. The molecule has 2 aromatic carbocycles. The molecule has 7 heteroatoms. The number of nitrogens with zero attached hydrogens (tertiary/aromatic N) is 3.